The zero-order chi connectivity index (χ0) is 24.0. The highest BCUT2D eigenvalue weighted by molar-refractivity contribution is 7.92. The molecule has 3 rings (SSSR count). The minimum absolute atomic E-state index is 0.180. The smallest absolute Gasteiger partial charge is 0.251 e. The Morgan fingerprint density at radius 3 is 2.27 bits per heavy atom. The number of nitrogens with one attached hydrogen (secondary N) is 1. The second-order valence-electron chi connectivity index (χ2n) is 7.81. The number of anilines is 1. The Kier molecular flexibility index (Phi) is 8.00. The summed E-state index contributed by atoms with van der Waals surface area (Å²) in [6.45, 7) is 4.71. The third kappa shape index (κ3) is 6.97. The van der Waals surface area contributed by atoms with Gasteiger partial charge in [-0.2, -0.15) is 0 Å². The number of carbonyl (C=O) groups excluding carboxylic acids is 1. The lowest BCUT2D eigenvalue weighted by Gasteiger charge is -2.24. The molecule has 3 aromatic rings. The number of hydrogen-bond acceptors (Lipinski definition) is 4. The summed E-state index contributed by atoms with van der Waals surface area (Å²) in [4.78, 5) is 12.4. The molecule has 8 heteroatoms. The molecule has 1 N–H and O–H groups in total. The molecule has 0 spiro atoms. The fourth-order valence-corrected chi connectivity index (χ4v) is 4.43. The molecule has 0 unspecified atom stereocenters. The number of ether oxygens (including phenoxy) is 1. The first kappa shape index (κ1) is 24.6. The third-order valence-electron chi connectivity index (χ3n) is 5.03. The molecule has 0 aliphatic rings. The van der Waals surface area contributed by atoms with Gasteiger partial charge in [-0.15, -0.1) is 0 Å². The molecule has 0 saturated heterocycles. The van der Waals surface area contributed by atoms with E-state index < -0.39 is 10.0 Å². The standard InChI is InChI=1S/C25H27ClN2O4S/c1-18-4-13-24(19(2)16-18)28(33(3,30)31)17-20-5-7-21(8-6-20)25(29)27-14-15-32-23-11-9-22(26)10-12-23/h4-13,16H,14-15,17H2,1-3H3,(H,27,29). The summed E-state index contributed by atoms with van der Waals surface area (Å²) in [5.41, 5.74) is 3.87. The Bertz CT molecular complexity index is 1210. The van der Waals surface area contributed by atoms with Gasteiger partial charge in [-0.1, -0.05) is 41.4 Å². The van der Waals surface area contributed by atoms with Crippen LogP contribution in [0.25, 0.3) is 0 Å². The van der Waals surface area contributed by atoms with E-state index in [1.807, 2.05) is 32.0 Å². The minimum atomic E-state index is -3.49. The van der Waals surface area contributed by atoms with E-state index in [1.165, 1.54) is 10.6 Å². The molecular formula is C25H27ClN2O4S. The van der Waals surface area contributed by atoms with E-state index in [-0.39, 0.29) is 12.5 Å². The lowest BCUT2D eigenvalue weighted by atomic mass is 10.1. The summed E-state index contributed by atoms with van der Waals surface area (Å²) in [5.74, 6) is 0.452. The van der Waals surface area contributed by atoms with Gasteiger partial charge in [0.15, 0.2) is 0 Å². The molecule has 174 valence electrons. The number of rotatable bonds is 9. The number of amides is 1. The van der Waals surface area contributed by atoms with Gasteiger partial charge < -0.3 is 10.1 Å². The largest absolute Gasteiger partial charge is 0.492 e. The maximum Gasteiger partial charge on any atom is 0.251 e. The number of nitrogens with zero attached hydrogens (tertiary/aromatic N) is 1. The Labute approximate surface area is 200 Å². The number of hydrogen-bond donors (Lipinski definition) is 1. The summed E-state index contributed by atoms with van der Waals surface area (Å²) < 4.78 is 31.9. The molecule has 0 aliphatic heterocycles. The Balaban J connectivity index is 1.59. The molecule has 0 heterocycles. The number of benzene rings is 3. The van der Waals surface area contributed by atoms with Gasteiger partial charge in [0.05, 0.1) is 25.0 Å². The zero-order valence-corrected chi connectivity index (χ0v) is 20.4. The monoisotopic (exact) mass is 486 g/mol. The molecule has 1 amide bonds. The summed E-state index contributed by atoms with van der Waals surface area (Å²) in [6, 6.07) is 19.6. The number of halogens is 1. The first-order valence-electron chi connectivity index (χ1n) is 10.4. The maximum absolute atomic E-state index is 12.5. The van der Waals surface area contributed by atoms with E-state index >= 15 is 0 Å². The lowest BCUT2D eigenvalue weighted by Crippen LogP contribution is -2.30. The van der Waals surface area contributed by atoms with Gasteiger partial charge >= 0.3 is 0 Å². The van der Waals surface area contributed by atoms with Crippen molar-refractivity contribution >= 4 is 33.2 Å². The molecule has 0 radical (unpaired) electrons. The Hall–Kier alpha value is -3.03. The fourth-order valence-electron chi connectivity index (χ4n) is 3.36. The van der Waals surface area contributed by atoms with E-state index in [2.05, 4.69) is 5.32 Å². The molecule has 0 aliphatic carbocycles. The van der Waals surface area contributed by atoms with Gasteiger partial charge in [0.1, 0.15) is 12.4 Å². The van der Waals surface area contributed by atoms with Crippen LogP contribution in [-0.2, 0) is 16.6 Å². The van der Waals surface area contributed by atoms with Crippen molar-refractivity contribution in [3.05, 3.63) is 94.0 Å². The van der Waals surface area contributed by atoms with E-state index in [9.17, 15) is 13.2 Å². The Morgan fingerprint density at radius 1 is 1.00 bits per heavy atom. The lowest BCUT2D eigenvalue weighted by molar-refractivity contribution is 0.0947. The topological polar surface area (TPSA) is 75.7 Å². The van der Waals surface area contributed by atoms with Crippen LogP contribution >= 0.6 is 11.6 Å². The maximum atomic E-state index is 12.5. The van der Waals surface area contributed by atoms with Crippen molar-refractivity contribution in [2.45, 2.75) is 20.4 Å². The van der Waals surface area contributed by atoms with E-state index in [0.717, 1.165) is 16.7 Å². The molecule has 0 saturated carbocycles. The molecule has 3 aromatic carbocycles. The van der Waals surface area contributed by atoms with Crippen molar-refractivity contribution in [2.75, 3.05) is 23.7 Å². The van der Waals surface area contributed by atoms with Crippen molar-refractivity contribution in [1.29, 1.82) is 0 Å². The van der Waals surface area contributed by atoms with Crippen LogP contribution in [0.15, 0.2) is 66.7 Å². The summed E-state index contributed by atoms with van der Waals surface area (Å²) in [6.07, 6.45) is 1.19. The second-order valence-corrected chi connectivity index (χ2v) is 10.2. The first-order chi connectivity index (χ1) is 15.6. The van der Waals surface area contributed by atoms with Crippen molar-refractivity contribution < 1.29 is 17.9 Å². The Morgan fingerprint density at radius 2 is 1.67 bits per heavy atom. The van der Waals surface area contributed by atoms with Crippen LogP contribution in [0.2, 0.25) is 5.02 Å². The number of carbonyl (C=O) groups is 1. The first-order valence-corrected chi connectivity index (χ1v) is 12.7. The van der Waals surface area contributed by atoms with Crippen LogP contribution in [0.5, 0.6) is 5.75 Å². The van der Waals surface area contributed by atoms with Gasteiger partial charge in [0.2, 0.25) is 10.0 Å². The van der Waals surface area contributed by atoms with Crippen LogP contribution in [0.3, 0.4) is 0 Å². The predicted octanol–water partition coefficient (Wildman–Crippen LogP) is 4.73. The highest BCUT2D eigenvalue weighted by atomic mass is 35.5. The van der Waals surface area contributed by atoms with Gasteiger partial charge in [-0.3, -0.25) is 9.10 Å². The van der Waals surface area contributed by atoms with Gasteiger partial charge in [-0.05, 0) is 67.4 Å². The molecule has 6 nitrogen and oxygen atoms in total. The molecule has 0 bridgehead atoms. The highest BCUT2D eigenvalue weighted by Gasteiger charge is 2.20. The fraction of sp³-hybridized carbons (Fsp3) is 0.240. The summed E-state index contributed by atoms with van der Waals surface area (Å²) in [7, 11) is -3.49. The van der Waals surface area contributed by atoms with Gasteiger partial charge in [0, 0.05) is 10.6 Å². The number of aryl methyl sites for hydroxylation is 2. The van der Waals surface area contributed by atoms with Gasteiger partial charge in [-0.25, -0.2) is 8.42 Å². The van der Waals surface area contributed by atoms with Crippen LogP contribution < -0.4 is 14.4 Å². The van der Waals surface area contributed by atoms with E-state index in [1.54, 1.807) is 48.5 Å². The normalized spacial score (nSPS) is 11.2. The average molecular weight is 487 g/mol. The van der Waals surface area contributed by atoms with E-state index in [0.29, 0.717) is 35.2 Å². The van der Waals surface area contributed by atoms with Crippen LogP contribution in [0, 0.1) is 13.8 Å². The SMILES string of the molecule is Cc1ccc(N(Cc2ccc(C(=O)NCCOc3ccc(Cl)cc3)cc2)S(C)(=O)=O)c(C)c1. The highest BCUT2D eigenvalue weighted by Crippen LogP contribution is 2.25. The molecule has 0 aromatic heterocycles. The molecule has 0 atom stereocenters. The number of sulfonamides is 1. The third-order valence-corrected chi connectivity index (χ3v) is 6.41. The second kappa shape index (κ2) is 10.7. The molecule has 33 heavy (non-hydrogen) atoms. The van der Waals surface area contributed by atoms with Crippen LogP contribution in [0.1, 0.15) is 27.0 Å². The van der Waals surface area contributed by atoms with Crippen LogP contribution in [-0.4, -0.2) is 33.7 Å². The quantitative estimate of drug-likeness (QED) is 0.443. The van der Waals surface area contributed by atoms with Crippen molar-refractivity contribution in [3.63, 3.8) is 0 Å². The summed E-state index contributed by atoms with van der Waals surface area (Å²) in [5, 5.41) is 3.44. The molecule has 0 fully saturated rings. The van der Waals surface area contributed by atoms with Gasteiger partial charge in [0.25, 0.3) is 5.91 Å². The van der Waals surface area contributed by atoms with Crippen molar-refractivity contribution in [1.82, 2.24) is 5.32 Å². The van der Waals surface area contributed by atoms with Crippen molar-refractivity contribution in [2.24, 2.45) is 0 Å². The zero-order valence-electron chi connectivity index (χ0n) is 18.8. The average Bonchev–Trinajstić information content (AvgIpc) is 2.76. The summed E-state index contributed by atoms with van der Waals surface area (Å²) >= 11 is 5.84. The van der Waals surface area contributed by atoms with Crippen LogP contribution in [0.4, 0.5) is 5.69 Å². The van der Waals surface area contributed by atoms with E-state index in [4.69, 9.17) is 16.3 Å². The minimum Gasteiger partial charge on any atom is -0.492 e. The predicted molar refractivity (Wildman–Crippen MR) is 133 cm³/mol. The van der Waals surface area contributed by atoms with Crippen molar-refractivity contribution in [3.8, 4) is 5.75 Å². The molecular weight excluding hydrogens is 460 g/mol.